The summed E-state index contributed by atoms with van der Waals surface area (Å²) < 4.78 is 0. The normalized spacial score (nSPS) is 17.8. The van der Waals surface area contributed by atoms with E-state index in [1.807, 2.05) is 0 Å². The predicted octanol–water partition coefficient (Wildman–Crippen LogP) is -0.0581. The van der Waals surface area contributed by atoms with Crippen LogP contribution in [0.15, 0.2) is 0 Å². The van der Waals surface area contributed by atoms with Crippen LogP contribution in [-0.2, 0) is 9.59 Å². The molecule has 0 spiro atoms. The lowest BCUT2D eigenvalue weighted by Gasteiger charge is -2.29. The Labute approximate surface area is 107 Å². The van der Waals surface area contributed by atoms with Crippen LogP contribution in [0.5, 0.6) is 0 Å². The number of amides is 2. The van der Waals surface area contributed by atoms with Crippen molar-refractivity contribution >= 4 is 23.4 Å². The first-order valence-electron chi connectivity index (χ1n) is 5.92. The monoisotopic (exact) mass is 261 g/mol. The van der Waals surface area contributed by atoms with Gasteiger partial charge in [-0.3, -0.25) is 9.59 Å². The molecule has 0 aromatic heterocycles. The lowest BCUT2D eigenvalue weighted by atomic mass is 10.1. The summed E-state index contributed by atoms with van der Waals surface area (Å²) in [5.74, 6) is -0.301. The SMILES string of the molecule is CN1CCC(NC(=O)CCNC(=O)CCl)CC1. The van der Waals surface area contributed by atoms with Gasteiger partial charge < -0.3 is 15.5 Å². The highest BCUT2D eigenvalue weighted by molar-refractivity contribution is 6.27. The second-order valence-electron chi connectivity index (χ2n) is 4.38. The van der Waals surface area contributed by atoms with Crippen LogP contribution in [0.1, 0.15) is 19.3 Å². The maximum Gasteiger partial charge on any atom is 0.234 e. The molecule has 1 aliphatic heterocycles. The van der Waals surface area contributed by atoms with Crippen LogP contribution in [-0.4, -0.2) is 55.3 Å². The van der Waals surface area contributed by atoms with Gasteiger partial charge in [-0.05, 0) is 33.0 Å². The molecule has 2 amide bonds. The Kier molecular flexibility index (Phi) is 6.29. The smallest absolute Gasteiger partial charge is 0.234 e. The molecular weight excluding hydrogens is 242 g/mol. The van der Waals surface area contributed by atoms with Gasteiger partial charge in [-0.15, -0.1) is 11.6 Å². The van der Waals surface area contributed by atoms with E-state index in [2.05, 4.69) is 22.6 Å². The zero-order chi connectivity index (χ0) is 12.7. The van der Waals surface area contributed by atoms with Gasteiger partial charge in [0.2, 0.25) is 11.8 Å². The molecule has 0 unspecified atom stereocenters. The van der Waals surface area contributed by atoms with Gasteiger partial charge in [0.05, 0.1) is 0 Å². The van der Waals surface area contributed by atoms with Crippen molar-refractivity contribution in [2.24, 2.45) is 0 Å². The molecular formula is C11H20ClN3O2. The van der Waals surface area contributed by atoms with E-state index in [0.717, 1.165) is 25.9 Å². The molecule has 0 atom stereocenters. The predicted molar refractivity (Wildman–Crippen MR) is 67.0 cm³/mol. The molecule has 0 aromatic carbocycles. The van der Waals surface area contributed by atoms with Crippen LogP contribution >= 0.6 is 11.6 Å². The molecule has 0 aromatic rings. The maximum absolute atomic E-state index is 11.6. The molecule has 1 rings (SSSR count). The molecule has 1 aliphatic rings. The van der Waals surface area contributed by atoms with E-state index >= 15 is 0 Å². The largest absolute Gasteiger partial charge is 0.355 e. The number of likely N-dealkylation sites (tertiary alicyclic amines) is 1. The lowest BCUT2D eigenvalue weighted by molar-refractivity contribution is -0.122. The number of alkyl halides is 1. The fourth-order valence-corrected chi connectivity index (χ4v) is 1.91. The van der Waals surface area contributed by atoms with Crippen LogP contribution < -0.4 is 10.6 Å². The molecule has 0 radical (unpaired) electrons. The maximum atomic E-state index is 11.6. The van der Waals surface area contributed by atoms with Crippen molar-refractivity contribution in [3.63, 3.8) is 0 Å². The highest BCUT2D eigenvalue weighted by Crippen LogP contribution is 2.07. The van der Waals surface area contributed by atoms with Crippen molar-refractivity contribution in [2.45, 2.75) is 25.3 Å². The summed E-state index contributed by atoms with van der Waals surface area (Å²) in [6, 6.07) is 0.280. The standard InChI is InChI=1S/C11H20ClN3O2/c1-15-6-3-9(4-7-15)14-10(16)2-5-13-11(17)8-12/h9H,2-8H2,1H3,(H,13,17)(H,14,16). The second kappa shape index (κ2) is 7.50. The molecule has 98 valence electrons. The lowest BCUT2D eigenvalue weighted by Crippen LogP contribution is -2.44. The number of carbonyl (C=O) groups is 2. The highest BCUT2D eigenvalue weighted by Gasteiger charge is 2.17. The zero-order valence-corrected chi connectivity index (χ0v) is 10.9. The second-order valence-corrected chi connectivity index (χ2v) is 4.65. The third kappa shape index (κ3) is 5.89. The van der Waals surface area contributed by atoms with Crippen molar-refractivity contribution in [3.05, 3.63) is 0 Å². The van der Waals surface area contributed by atoms with E-state index in [9.17, 15) is 9.59 Å². The minimum Gasteiger partial charge on any atom is -0.355 e. The number of piperidine rings is 1. The summed E-state index contributed by atoms with van der Waals surface area (Å²) in [5, 5.41) is 5.55. The van der Waals surface area contributed by atoms with Gasteiger partial charge in [0.15, 0.2) is 0 Å². The number of hydrogen-bond donors (Lipinski definition) is 2. The van der Waals surface area contributed by atoms with Gasteiger partial charge in [-0.1, -0.05) is 0 Å². The van der Waals surface area contributed by atoms with Crippen molar-refractivity contribution < 1.29 is 9.59 Å². The Bertz CT molecular complexity index is 265. The van der Waals surface area contributed by atoms with Gasteiger partial charge in [-0.25, -0.2) is 0 Å². The summed E-state index contributed by atoms with van der Waals surface area (Å²) in [6.07, 6.45) is 2.31. The van der Waals surface area contributed by atoms with Crippen molar-refractivity contribution in [3.8, 4) is 0 Å². The number of hydrogen-bond acceptors (Lipinski definition) is 3. The first-order chi connectivity index (χ1) is 8.11. The summed E-state index contributed by atoms with van der Waals surface area (Å²) in [5.41, 5.74) is 0. The minimum absolute atomic E-state index is 0.00516. The van der Waals surface area contributed by atoms with E-state index in [-0.39, 0.29) is 23.7 Å². The molecule has 0 aliphatic carbocycles. The van der Waals surface area contributed by atoms with Gasteiger partial charge in [0.1, 0.15) is 5.88 Å². The molecule has 1 saturated heterocycles. The summed E-state index contributed by atoms with van der Waals surface area (Å²) >= 11 is 5.32. The van der Waals surface area contributed by atoms with Crippen LogP contribution in [0.3, 0.4) is 0 Å². The Morgan fingerprint density at radius 2 is 1.94 bits per heavy atom. The summed E-state index contributed by atoms with van der Waals surface area (Å²) in [7, 11) is 2.08. The quantitative estimate of drug-likeness (QED) is 0.682. The van der Waals surface area contributed by atoms with Crippen molar-refractivity contribution in [1.82, 2.24) is 15.5 Å². The van der Waals surface area contributed by atoms with Gasteiger partial charge in [0.25, 0.3) is 0 Å². The highest BCUT2D eigenvalue weighted by atomic mass is 35.5. The fraction of sp³-hybridized carbons (Fsp3) is 0.818. The zero-order valence-electron chi connectivity index (χ0n) is 10.2. The summed E-state index contributed by atoms with van der Waals surface area (Å²) in [4.78, 5) is 24.6. The number of nitrogens with one attached hydrogen (secondary N) is 2. The van der Waals surface area contributed by atoms with Crippen LogP contribution in [0.2, 0.25) is 0 Å². The number of rotatable bonds is 5. The third-order valence-corrected chi connectivity index (χ3v) is 3.12. The first-order valence-corrected chi connectivity index (χ1v) is 6.46. The Morgan fingerprint density at radius 3 is 2.53 bits per heavy atom. The molecule has 0 saturated carbocycles. The topological polar surface area (TPSA) is 61.4 Å². The Balaban J connectivity index is 2.10. The number of halogens is 1. The number of nitrogens with zero attached hydrogens (tertiary/aromatic N) is 1. The third-order valence-electron chi connectivity index (χ3n) is 2.88. The molecule has 17 heavy (non-hydrogen) atoms. The Hall–Kier alpha value is -0.810. The average Bonchev–Trinajstić information content (AvgIpc) is 2.32. The number of carbonyl (C=O) groups excluding carboxylic acids is 2. The van der Waals surface area contributed by atoms with Crippen LogP contribution in [0.4, 0.5) is 0 Å². The van der Waals surface area contributed by atoms with E-state index in [0.29, 0.717) is 13.0 Å². The fourth-order valence-electron chi connectivity index (χ4n) is 1.82. The summed E-state index contributed by atoms with van der Waals surface area (Å²) in [6.45, 7) is 2.39. The van der Waals surface area contributed by atoms with E-state index in [1.165, 1.54) is 0 Å². The van der Waals surface area contributed by atoms with Crippen molar-refractivity contribution in [2.75, 3.05) is 32.6 Å². The van der Waals surface area contributed by atoms with E-state index < -0.39 is 0 Å². The van der Waals surface area contributed by atoms with Crippen molar-refractivity contribution in [1.29, 1.82) is 0 Å². The van der Waals surface area contributed by atoms with Gasteiger partial charge in [0, 0.05) is 19.0 Å². The van der Waals surface area contributed by atoms with E-state index in [1.54, 1.807) is 0 Å². The minimum atomic E-state index is -0.237. The average molecular weight is 262 g/mol. The van der Waals surface area contributed by atoms with Gasteiger partial charge >= 0.3 is 0 Å². The first kappa shape index (κ1) is 14.3. The van der Waals surface area contributed by atoms with Gasteiger partial charge in [-0.2, -0.15) is 0 Å². The molecule has 5 nitrogen and oxygen atoms in total. The van der Waals surface area contributed by atoms with E-state index in [4.69, 9.17) is 11.6 Å². The van der Waals surface area contributed by atoms with Crippen LogP contribution in [0, 0.1) is 0 Å². The molecule has 0 bridgehead atoms. The molecule has 1 heterocycles. The molecule has 6 heteroatoms. The Morgan fingerprint density at radius 1 is 1.29 bits per heavy atom. The molecule has 1 fully saturated rings. The van der Waals surface area contributed by atoms with Crippen LogP contribution in [0.25, 0.3) is 0 Å². The molecule has 2 N–H and O–H groups in total.